The normalized spacial score (nSPS) is 14.5. The fourth-order valence-corrected chi connectivity index (χ4v) is 4.82. The van der Waals surface area contributed by atoms with Crippen molar-refractivity contribution in [3.8, 4) is 5.75 Å². The number of carbonyl (C=O) groups excluding carboxylic acids is 2. The molecule has 3 aromatic rings. The Morgan fingerprint density at radius 2 is 2.03 bits per heavy atom. The first kappa shape index (κ1) is 28.0. The first-order valence-electron chi connectivity index (χ1n) is 11.4. The Morgan fingerprint density at radius 3 is 2.79 bits per heavy atom. The van der Waals surface area contributed by atoms with Crippen LogP contribution < -0.4 is 10.2 Å². The van der Waals surface area contributed by atoms with Gasteiger partial charge in [-0.15, -0.1) is 21.8 Å². The second-order valence-corrected chi connectivity index (χ2v) is 9.84. The average Bonchev–Trinajstić information content (AvgIpc) is 3.54. The van der Waals surface area contributed by atoms with Crippen molar-refractivity contribution >= 4 is 64.2 Å². The molecule has 0 fully saturated rings. The van der Waals surface area contributed by atoms with Crippen LogP contribution in [0.3, 0.4) is 0 Å². The maximum atomic E-state index is 12.0. The summed E-state index contributed by atoms with van der Waals surface area (Å²) in [6.07, 6.45) is 0.105. The number of para-hydroxylation sites is 1. The summed E-state index contributed by atoms with van der Waals surface area (Å²) in [7, 11) is 0. The van der Waals surface area contributed by atoms with Crippen LogP contribution in [-0.4, -0.2) is 50.7 Å². The molecule has 1 amide bonds. The number of hydrogen-bond donors (Lipinski definition) is 1. The Bertz CT molecular complexity index is 1350. The van der Waals surface area contributed by atoms with E-state index in [2.05, 4.69) is 20.8 Å². The maximum absolute atomic E-state index is 12.0. The molecule has 1 aliphatic rings. The van der Waals surface area contributed by atoms with Gasteiger partial charge in [0.1, 0.15) is 18.2 Å². The number of esters is 1. The molecule has 2 aromatic carbocycles. The third-order valence-corrected chi connectivity index (χ3v) is 6.92. The van der Waals surface area contributed by atoms with Crippen LogP contribution in [-0.2, 0) is 25.8 Å². The fourth-order valence-electron chi connectivity index (χ4n) is 3.52. The van der Waals surface area contributed by atoms with Gasteiger partial charge in [-0.3, -0.25) is 15.0 Å². The maximum Gasteiger partial charge on any atom is 0.316 e. The lowest BCUT2D eigenvalue weighted by Gasteiger charge is -2.13. The van der Waals surface area contributed by atoms with Crippen molar-refractivity contribution in [3.63, 3.8) is 0 Å². The van der Waals surface area contributed by atoms with Gasteiger partial charge in [0.15, 0.2) is 11.9 Å². The third-order valence-electron chi connectivity index (χ3n) is 5.22. The highest BCUT2D eigenvalue weighted by Gasteiger charge is 2.27. The summed E-state index contributed by atoms with van der Waals surface area (Å²) in [6, 6.07) is 12.6. The second kappa shape index (κ2) is 13.2. The number of halogens is 3. The summed E-state index contributed by atoms with van der Waals surface area (Å²) >= 11 is 19.1. The molecule has 1 unspecified atom stereocenters. The highest BCUT2D eigenvalue weighted by molar-refractivity contribution is 7.99. The van der Waals surface area contributed by atoms with Crippen LogP contribution in [0.25, 0.3) is 0 Å². The minimum absolute atomic E-state index is 0.00889. The first-order chi connectivity index (χ1) is 18.4. The minimum atomic E-state index is -0.476. The lowest BCUT2D eigenvalue weighted by atomic mass is 9.99. The molecule has 1 aromatic heterocycles. The van der Waals surface area contributed by atoms with Gasteiger partial charge in [0, 0.05) is 27.6 Å². The van der Waals surface area contributed by atoms with E-state index in [1.807, 2.05) is 24.3 Å². The van der Waals surface area contributed by atoms with Crippen molar-refractivity contribution < 1.29 is 23.9 Å². The van der Waals surface area contributed by atoms with Crippen molar-refractivity contribution in [2.24, 2.45) is 5.16 Å². The van der Waals surface area contributed by atoms with E-state index in [1.54, 1.807) is 25.1 Å². The molecule has 200 valence electrons. The molecule has 10 nitrogen and oxygen atoms in total. The fraction of sp³-hybridized carbons (Fsp3) is 0.292. The van der Waals surface area contributed by atoms with Crippen LogP contribution in [0.2, 0.25) is 10.0 Å². The number of oxime groups is 1. The molecule has 0 saturated carbocycles. The van der Waals surface area contributed by atoms with Crippen LogP contribution in [0, 0.1) is 0 Å². The lowest BCUT2D eigenvalue weighted by molar-refractivity contribution is -0.139. The Balaban J connectivity index is 1.48. The van der Waals surface area contributed by atoms with E-state index in [0.29, 0.717) is 33.8 Å². The number of carbonyl (C=O) groups is 2. The molecule has 0 saturated heterocycles. The van der Waals surface area contributed by atoms with Gasteiger partial charge < -0.3 is 14.3 Å². The lowest BCUT2D eigenvalue weighted by Crippen LogP contribution is -2.27. The molecule has 38 heavy (non-hydrogen) atoms. The molecule has 0 aliphatic carbocycles. The summed E-state index contributed by atoms with van der Waals surface area (Å²) in [5.74, 6) is -0.361. The largest absolute Gasteiger partial charge is 0.485 e. The van der Waals surface area contributed by atoms with Crippen molar-refractivity contribution in [3.05, 3.63) is 69.5 Å². The molecule has 0 bridgehead atoms. The number of aromatic nitrogens is 3. The quantitative estimate of drug-likeness (QED) is 0.186. The molecule has 1 atom stereocenters. The Labute approximate surface area is 237 Å². The minimum Gasteiger partial charge on any atom is -0.485 e. The molecular weight excluding hydrogens is 577 g/mol. The predicted octanol–water partition coefficient (Wildman–Crippen LogP) is 4.99. The molecule has 0 radical (unpaired) electrons. The standard InChI is InChI=1S/C24H22Cl3N5O5S/c1-2-35-23(34)13-38-24-29-28-21(32(24)30-22(33)11-25)12-36-19-6-4-3-5-16(19)18-10-20(37-31-18)15-8-7-14(26)9-17(15)27/h3-9,20H,2,10-13H2,1H3,(H,30,33). The van der Waals surface area contributed by atoms with Gasteiger partial charge in [0.25, 0.3) is 5.91 Å². The van der Waals surface area contributed by atoms with Gasteiger partial charge in [-0.05, 0) is 31.2 Å². The summed E-state index contributed by atoms with van der Waals surface area (Å²) in [4.78, 5) is 29.4. The van der Waals surface area contributed by atoms with E-state index in [1.165, 1.54) is 4.68 Å². The topological polar surface area (TPSA) is 117 Å². The van der Waals surface area contributed by atoms with Gasteiger partial charge in [0.2, 0.25) is 5.16 Å². The van der Waals surface area contributed by atoms with Crippen LogP contribution in [0.4, 0.5) is 0 Å². The summed E-state index contributed by atoms with van der Waals surface area (Å²) < 4.78 is 12.3. The second-order valence-electron chi connectivity index (χ2n) is 7.78. The number of ether oxygens (including phenoxy) is 2. The number of hydrogen-bond acceptors (Lipinski definition) is 9. The molecular formula is C24H22Cl3N5O5S. The van der Waals surface area contributed by atoms with Crippen LogP contribution in [0.5, 0.6) is 5.75 Å². The monoisotopic (exact) mass is 597 g/mol. The van der Waals surface area contributed by atoms with E-state index < -0.39 is 11.9 Å². The highest BCUT2D eigenvalue weighted by atomic mass is 35.5. The molecule has 0 spiro atoms. The predicted molar refractivity (Wildman–Crippen MR) is 145 cm³/mol. The van der Waals surface area contributed by atoms with Crippen LogP contribution >= 0.6 is 46.6 Å². The van der Waals surface area contributed by atoms with Gasteiger partial charge in [0.05, 0.1) is 18.1 Å². The highest BCUT2D eigenvalue weighted by Crippen LogP contribution is 2.36. The van der Waals surface area contributed by atoms with Crippen LogP contribution in [0.15, 0.2) is 52.8 Å². The number of alkyl halides is 1. The number of nitrogens with zero attached hydrogens (tertiary/aromatic N) is 4. The smallest absolute Gasteiger partial charge is 0.316 e. The van der Waals surface area contributed by atoms with E-state index >= 15 is 0 Å². The molecule has 2 heterocycles. The van der Waals surface area contributed by atoms with Crippen molar-refractivity contribution in [1.82, 2.24) is 14.9 Å². The summed E-state index contributed by atoms with van der Waals surface area (Å²) in [6.45, 7) is 1.93. The van der Waals surface area contributed by atoms with E-state index in [0.717, 1.165) is 22.9 Å². The summed E-state index contributed by atoms with van der Waals surface area (Å²) in [5, 5.41) is 13.8. The molecule has 4 rings (SSSR count). The number of benzene rings is 2. The van der Waals surface area contributed by atoms with E-state index in [-0.39, 0.29) is 36.1 Å². The van der Waals surface area contributed by atoms with E-state index in [4.69, 9.17) is 49.1 Å². The first-order valence-corrected chi connectivity index (χ1v) is 13.7. The molecule has 14 heteroatoms. The van der Waals surface area contributed by atoms with E-state index in [9.17, 15) is 9.59 Å². The van der Waals surface area contributed by atoms with Crippen LogP contribution in [0.1, 0.15) is 36.4 Å². The summed E-state index contributed by atoms with van der Waals surface area (Å²) in [5.41, 5.74) is 4.80. The number of thioether (sulfide) groups is 1. The number of nitrogens with one attached hydrogen (secondary N) is 1. The number of rotatable bonds is 11. The molecule has 1 N–H and O–H groups in total. The van der Waals surface area contributed by atoms with Gasteiger partial charge in [-0.2, -0.15) is 0 Å². The average molecular weight is 599 g/mol. The zero-order valence-electron chi connectivity index (χ0n) is 20.0. The SMILES string of the molecule is CCOC(=O)CSc1nnc(COc2ccccc2C2=NOC(c3ccc(Cl)cc3Cl)C2)n1NC(=O)CCl. The van der Waals surface area contributed by atoms with Gasteiger partial charge >= 0.3 is 5.97 Å². The molecule has 1 aliphatic heterocycles. The zero-order chi connectivity index (χ0) is 27.1. The van der Waals surface area contributed by atoms with Crippen molar-refractivity contribution in [1.29, 1.82) is 0 Å². The number of amides is 1. The third kappa shape index (κ3) is 6.90. The van der Waals surface area contributed by atoms with Gasteiger partial charge in [-0.1, -0.05) is 58.3 Å². The Hall–Kier alpha value is -2.99. The van der Waals surface area contributed by atoms with Crippen molar-refractivity contribution in [2.45, 2.75) is 31.2 Å². The Kier molecular flexibility index (Phi) is 9.73. The van der Waals surface area contributed by atoms with Crippen molar-refractivity contribution in [2.75, 3.05) is 23.7 Å². The Morgan fingerprint density at radius 1 is 1.21 bits per heavy atom. The van der Waals surface area contributed by atoms with Gasteiger partial charge in [-0.25, -0.2) is 4.68 Å². The zero-order valence-corrected chi connectivity index (χ0v) is 23.1.